The van der Waals surface area contributed by atoms with Crippen molar-refractivity contribution in [2.45, 2.75) is 31.1 Å². The molecule has 1 aromatic heterocycles. The summed E-state index contributed by atoms with van der Waals surface area (Å²) in [6.07, 6.45) is 4.60. The number of amides is 1. The quantitative estimate of drug-likeness (QED) is 0.809. The Morgan fingerprint density at radius 2 is 2.00 bits per heavy atom. The van der Waals surface area contributed by atoms with Crippen molar-refractivity contribution in [2.24, 2.45) is 0 Å². The maximum absolute atomic E-state index is 12.4. The minimum absolute atomic E-state index is 0.0948. The summed E-state index contributed by atoms with van der Waals surface area (Å²) in [6, 6.07) is 8.84. The Hall–Kier alpha value is -1.68. The molecule has 1 spiro atoms. The lowest BCUT2D eigenvalue weighted by Gasteiger charge is -2.40. The van der Waals surface area contributed by atoms with Crippen LogP contribution in [0.2, 0.25) is 0 Å². The Morgan fingerprint density at radius 3 is 2.76 bits per heavy atom. The van der Waals surface area contributed by atoms with Gasteiger partial charge in [-0.05, 0) is 42.2 Å². The molecule has 3 nitrogen and oxygen atoms in total. The summed E-state index contributed by atoms with van der Waals surface area (Å²) < 4.78 is 0. The summed E-state index contributed by atoms with van der Waals surface area (Å²) in [5.41, 5.74) is 5.69. The lowest BCUT2D eigenvalue weighted by atomic mass is 9.74. The molecule has 108 valence electrons. The summed E-state index contributed by atoms with van der Waals surface area (Å²) in [7, 11) is 0. The van der Waals surface area contributed by atoms with Crippen LogP contribution in [0.1, 0.15) is 40.9 Å². The van der Waals surface area contributed by atoms with Crippen molar-refractivity contribution < 1.29 is 4.79 Å². The van der Waals surface area contributed by atoms with Crippen LogP contribution in [0, 0.1) is 0 Å². The highest BCUT2D eigenvalue weighted by Crippen LogP contribution is 2.46. The van der Waals surface area contributed by atoms with E-state index in [1.165, 1.54) is 35.3 Å². The van der Waals surface area contributed by atoms with Crippen molar-refractivity contribution in [3.05, 3.63) is 52.0 Å². The van der Waals surface area contributed by atoms with E-state index in [-0.39, 0.29) is 5.91 Å². The first kappa shape index (κ1) is 13.0. The van der Waals surface area contributed by atoms with Gasteiger partial charge in [0.25, 0.3) is 5.91 Å². The first-order valence-electron chi connectivity index (χ1n) is 7.54. The van der Waals surface area contributed by atoms with E-state index in [0.29, 0.717) is 11.1 Å². The first-order chi connectivity index (χ1) is 10.3. The molecule has 1 fully saturated rings. The third-order valence-electron chi connectivity index (χ3n) is 5.12. The van der Waals surface area contributed by atoms with Crippen LogP contribution in [0.25, 0.3) is 0 Å². The Labute approximate surface area is 128 Å². The van der Waals surface area contributed by atoms with E-state index in [0.717, 1.165) is 25.9 Å². The molecule has 0 saturated carbocycles. The van der Waals surface area contributed by atoms with Gasteiger partial charge >= 0.3 is 0 Å². The lowest BCUT2D eigenvalue weighted by molar-refractivity contribution is 0.0661. The highest BCUT2D eigenvalue weighted by atomic mass is 32.1. The van der Waals surface area contributed by atoms with E-state index in [4.69, 9.17) is 0 Å². The Balaban J connectivity index is 1.52. The number of aromatic nitrogens is 1. The standard InChI is InChI=1S/C17H18N2OS/c20-16(15-11-21-12-18-15)19-9-7-17(8-10-19)6-5-13-3-1-2-4-14(13)17/h1-4,11-12H,5-10H2. The fourth-order valence-corrected chi connectivity index (χ4v) is 4.43. The van der Waals surface area contributed by atoms with Crippen LogP contribution in [0.5, 0.6) is 0 Å². The fourth-order valence-electron chi connectivity index (χ4n) is 3.90. The van der Waals surface area contributed by atoms with Gasteiger partial charge in [-0.25, -0.2) is 4.98 Å². The summed E-state index contributed by atoms with van der Waals surface area (Å²) in [5, 5.41) is 1.84. The summed E-state index contributed by atoms with van der Waals surface area (Å²) >= 11 is 1.48. The second kappa shape index (κ2) is 4.95. The van der Waals surface area contributed by atoms with Gasteiger partial charge in [-0.1, -0.05) is 24.3 Å². The second-order valence-electron chi connectivity index (χ2n) is 6.10. The topological polar surface area (TPSA) is 33.2 Å². The third-order valence-corrected chi connectivity index (χ3v) is 5.71. The molecule has 2 aromatic rings. The number of likely N-dealkylation sites (tertiary alicyclic amines) is 1. The fraction of sp³-hybridized carbons (Fsp3) is 0.412. The summed E-state index contributed by atoms with van der Waals surface area (Å²) in [6.45, 7) is 1.70. The van der Waals surface area contributed by atoms with Gasteiger partial charge in [0.2, 0.25) is 0 Å². The van der Waals surface area contributed by atoms with E-state index in [1.807, 2.05) is 10.3 Å². The van der Waals surface area contributed by atoms with E-state index >= 15 is 0 Å². The van der Waals surface area contributed by atoms with Crippen molar-refractivity contribution >= 4 is 17.2 Å². The van der Waals surface area contributed by atoms with Crippen LogP contribution in [0.4, 0.5) is 0 Å². The van der Waals surface area contributed by atoms with Crippen LogP contribution in [-0.2, 0) is 11.8 Å². The van der Waals surface area contributed by atoms with Crippen molar-refractivity contribution in [3.8, 4) is 0 Å². The molecule has 0 radical (unpaired) electrons. The molecule has 4 rings (SSSR count). The van der Waals surface area contributed by atoms with Crippen molar-refractivity contribution in [1.82, 2.24) is 9.88 Å². The minimum atomic E-state index is 0.0948. The molecule has 1 aliphatic carbocycles. The molecular weight excluding hydrogens is 280 g/mol. The normalized spacial score (nSPS) is 19.7. The monoisotopic (exact) mass is 298 g/mol. The maximum atomic E-state index is 12.4. The van der Waals surface area contributed by atoms with Gasteiger partial charge in [-0.2, -0.15) is 0 Å². The number of hydrogen-bond donors (Lipinski definition) is 0. The first-order valence-corrected chi connectivity index (χ1v) is 8.49. The number of fused-ring (bicyclic) bond motifs is 2. The number of piperidine rings is 1. The van der Waals surface area contributed by atoms with Gasteiger partial charge in [0, 0.05) is 18.5 Å². The second-order valence-corrected chi connectivity index (χ2v) is 6.82. The molecule has 0 unspecified atom stereocenters. The SMILES string of the molecule is O=C(c1cscn1)N1CCC2(CCc3ccccc32)CC1. The Kier molecular flexibility index (Phi) is 3.07. The van der Waals surface area contributed by atoms with E-state index in [9.17, 15) is 4.79 Å². The highest BCUT2D eigenvalue weighted by molar-refractivity contribution is 7.07. The van der Waals surface area contributed by atoms with Crippen molar-refractivity contribution in [3.63, 3.8) is 0 Å². The Morgan fingerprint density at radius 1 is 1.19 bits per heavy atom. The average Bonchev–Trinajstić information content (AvgIpc) is 3.17. The number of aryl methyl sites for hydroxylation is 1. The zero-order valence-electron chi connectivity index (χ0n) is 11.9. The number of hydrogen-bond acceptors (Lipinski definition) is 3. The summed E-state index contributed by atoms with van der Waals surface area (Å²) in [4.78, 5) is 18.5. The number of carbonyl (C=O) groups excluding carboxylic acids is 1. The van der Waals surface area contributed by atoms with Gasteiger partial charge in [-0.3, -0.25) is 4.79 Å². The largest absolute Gasteiger partial charge is 0.337 e. The van der Waals surface area contributed by atoms with Gasteiger partial charge < -0.3 is 4.90 Å². The maximum Gasteiger partial charge on any atom is 0.273 e. The molecule has 2 heterocycles. The van der Waals surface area contributed by atoms with E-state index in [1.54, 1.807) is 5.51 Å². The molecule has 0 atom stereocenters. The molecule has 0 N–H and O–H groups in total. The number of carbonyl (C=O) groups is 1. The van der Waals surface area contributed by atoms with Crippen LogP contribution in [0.15, 0.2) is 35.2 Å². The smallest absolute Gasteiger partial charge is 0.273 e. The molecule has 0 bridgehead atoms. The third kappa shape index (κ3) is 2.09. The molecule has 4 heteroatoms. The van der Waals surface area contributed by atoms with Gasteiger partial charge in [-0.15, -0.1) is 11.3 Å². The minimum Gasteiger partial charge on any atom is -0.337 e. The molecule has 1 aromatic carbocycles. The lowest BCUT2D eigenvalue weighted by Crippen LogP contribution is -2.44. The predicted molar refractivity (Wildman–Crippen MR) is 83.7 cm³/mol. The number of nitrogens with zero attached hydrogens (tertiary/aromatic N) is 2. The molecular formula is C17H18N2OS. The number of rotatable bonds is 1. The Bertz CT molecular complexity index is 657. The van der Waals surface area contributed by atoms with Crippen LogP contribution < -0.4 is 0 Å². The van der Waals surface area contributed by atoms with Crippen molar-refractivity contribution in [2.75, 3.05) is 13.1 Å². The predicted octanol–water partition coefficient (Wildman–Crippen LogP) is 3.26. The number of benzene rings is 1. The van der Waals surface area contributed by atoms with E-state index < -0.39 is 0 Å². The molecule has 1 amide bonds. The molecule has 1 saturated heterocycles. The van der Waals surface area contributed by atoms with Gasteiger partial charge in [0.05, 0.1) is 5.51 Å². The zero-order chi connectivity index (χ0) is 14.3. The molecule has 21 heavy (non-hydrogen) atoms. The summed E-state index contributed by atoms with van der Waals surface area (Å²) in [5.74, 6) is 0.0948. The average molecular weight is 298 g/mol. The van der Waals surface area contributed by atoms with Gasteiger partial charge in [0.15, 0.2) is 0 Å². The number of thiazole rings is 1. The molecule has 2 aliphatic rings. The van der Waals surface area contributed by atoms with E-state index in [2.05, 4.69) is 29.2 Å². The van der Waals surface area contributed by atoms with Crippen LogP contribution in [-0.4, -0.2) is 28.9 Å². The zero-order valence-corrected chi connectivity index (χ0v) is 12.7. The highest BCUT2D eigenvalue weighted by Gasteiger charge is 2.41. The van der Waals surface area contributed by atoms with Gasteiger partial charge in [0.1, 0.15) is 5.69 Å². The van der Waals surface area contributed by atoms with Crippen LogP contribution >= 0.6 is 11.3 Å². The van der Waals surface area contributed by atoms with Crippen molar-refractivity contribution in [1.29, 1.82) is 0 Å². The molecule has 1 aliphatic heterocycles. The van der Waals surface area contributed by atoms with Crippen LogP contribution in [0.3, 0.4) is 0 Å².